The van der Waals surface area contributed by atoms with Crippen LogP contribution in [-0.4, -0.2) is 275 Å². The quantitative estimate of drug-likeness (QED) is 0.0149. The van der Waals surface area contributed by atoms with Crippen LogP contribution in [0.3, 0.4) is 0 Å². The van der Waals surface area contributed by atoms with Gasteiger partial charge in [0.1, 0.15) is 36.6 Å². The maximum absolute atomic E-state index is 13.2. The van der Waals surface area contributed by atoms with E-state index in [0.29, 0.717) is 124 Å². The van der Waals surface area contributed by atoms with Crippen LogP contribution in [0.2, 0.25) is 0 Å². The molecule has 4 saturated heterocycles. The zero-order valence-corrected chi connectivity index (χ0v) is 83.9. The van der Waals surface area contributed by atoms with E-state index in [2.05, 4.69) is 86.8 Å². The zero-order valence-electron chi connectivity index (χ0n) is 82.2. The molecular weight excluding hydrogens is 1730 g/mol. The number of carbonyl (C=O) groups excluding carboxylic acids is 3. The molecule has 131 heavy (non-hydrogen) atoms. The summed E-state index contributed by atoms with van der Waals surface area (Å²) in [6.45, 7) is 34.8. The van der Waals surface area contributed by atoms with Crippen LogP contribution in [-0.2, 0) is 139 Å². The Morgan fingerprint density at radius 2 is 0.893 bits per heavy atom. The maximum atomic E-state index is 13.2. The molecule has 19 unspecified atom stereocenters. The second-order valence-electron chi connectivity index (χ2n) is 39.1. The first-order chi connectivity index (χ1) is 62.5. The molecule has 10 aliphatic rings. The number of rotatable bonds is 40. The summed E-state index contributed by atoms with van der Waals surface area (Å²) in [6, 6.07) is -0.241. The molecule has 13 rings (SSSR count). The Morgan fingerprint density at radius 1 is 0.466 bits per heavy atom. The van der Waals surface area contributed by atoms with Gasteiger partial charge < -0.3 is 84.3 Å². The molecule has 0 bridgehead atoms. The van der Waals surface area contributed by atoms with Crippen molar-refractivity contribution in [1.29, 1.82) is 0 Å². The number of phosphoric acid groups is 2. The third kappa shape index (κ3) is 33.1. The number of phosphoric ester groups is 2. The molecule has 39 heteroatoms. The Kier molecular flexibility index (Phi) is 45.0. The number of aliphatic hydroxyl groups excluding tert-OH is 4. The Morgan fingerprint density at radius 3 is 1.34 bits per heavy atom. The van der Waals surface area contributed by atoms with Crippen LogP contribution in [0.4, 0.5) is 14.4 Å². The number of aromatic nitrogens is 9. The van der Waals surface area contributed by atoms with Crippen LogP contribution in [0.1, 0.15) is 241 Å². The molecule has 6 aliphatic carbocycles. The lowest BCUT2D eigenvalue weighted by Gasteiger charge is -2.40. The number of nitrogens with zero attached hydrogens (tertiary/aromatic N) is 9. The highest BCUT2D eigenvalue weighted by Crippen LogP contribution is 2.57. The van der Waals surface area contributed by atoms with Crippen molar-refractivity contribution in [3.05, 3.63) is 34.2 Å². The molecule has 0 radical (unpaired) electrons. The third-order valence-electron chi connectivity index (χ3n) is 27.4. The minimum Gasteiger partial charge on any atom is -0.449 e. The lowest BCUT2D eigenvalue weighted by molar-refractivity contribution is -0.162. The number of ether oxygens (including phenoxy) is 9. The van der Waals surface area contributed by atoms with Gasteiger partial charge in [0.2, 0.25) is 0 Å². The molecule has 7 heterocycles. The van der Waals surface area contributed by atoms with Gasteiger partial charge in [-0.25, -0.2) is 23.5 Å². The first-order valence-corrected chi connectivity index (χ1v) is 52.0. The van der Waals surface area contributed by atoms with Crippen LogP contribution >= 0.6 is 15.6 Å². The fourth-order valence-electron chi connectivity index (χ4n) is 19.8. The van der Waals surface area contributed by atoms with Gasteiger partial charge in [-0.05, 0) is 209 Å². The van der Waals surface area contributed by atoms with Gasteiger partial charge >= 0.3 is 33.9 Å². The van der Waals surface area contributed by atoms with Crippen molar-refractivity contribution >= 4 is 33.9 Å². The molecule has 0 aromatic carbocycles. The summed E-state index contributed by atoms with van der Waals surface area (Å²) < 4.78 is 115. The Labute approximate surface area is 778 Å². The standard InChI is InChI=1S/C20H40NO8P.C20H39O9P.C19H32N4O2.C17H28N4O3.C16H26N4O2/c1-11(2)8-15-9-26-13(5)19(23)20(15)29-30(24,25-7)27-10-16-17(21-12(3)4)18(22)14(6)28-16;1-11(2)8-15-20(17(21)13(5)9-25-15)29-30(23,24-7)26-10-16-19(27-12(3)4)18(22)14(6)28-16;1-3-4-5-6-7-12-20-19(24)25-13-16-14-8-10-17-18(11-9-15(14)16)23(2)22-21-17;1-3-9-23-10-8-18-17(22)24-11-14-12-4-6-15-16(7-5-13(12)14)21(2)20-19-15;1-3-4-9-17-16(21)22-10-13-11-5-7-14-15(8-6-12(11)13)20(2)19-18-14/h11-23H,8-10H2,1-7H3;11-22H,8-10H2,1-7H3;14-16H,3-13H2,1-2H3,(H,20,24);12-14H,3-11H2,1-2H3,(H,18,22);11-13H,3-10H2,1-2H3,(H,17,21)/t13-,14-,15-,16+,17?,18?,19?,20?,30?;13-,14+,15-,16-,17?,18?,19?,20?,30?;;;/m01.../s1. The summed E-state index contributed by atoms with van der Waals surface area (Å²) in [5.41, 5.74) is 7.29. The molecule has 37 nitrogen and oxygen atoms in total. The van der Waals surface area contributed by atoms with Gasteiger partial charge in [0.25, 0.3) is 0 Å². The van der Waals surface area contributed by atoms with Crippen LogP contribution in [0, 0.1) is 76.9 Å². The minimum absolute atomic E-state index is 0.0827. The van der Waals surface area contributed by atoms with Crippen molar-refractivity contribution in [2.24, 2.45) is 98.1 Å². The van der Waals surface area contributed by atoms with Gasteiger partial charge in [0.15, 0.2) is 0 Å². The molecule has 752 valence electrons. The summed E-state index contributed by atoms with van der Waals surface area (Å²) in [7, 11) is 0.403. The number of unbranched alkanes of at least 4 members (excludes halogenated alkanes) is 5. The van der Waals surface area contributed by atoms with E-state index in [4.69, 9.17) is 69.8 Å². The van der Waals surface area contributed by atoms with E-state index in [9.17, 15) is 43.9 Å². The number of alkyl carbamates (subject to hydrolysis) is 3. The summed E-state index contributed by atoms with van der Waals surface area (Å²) in [6.07, 6.45) is 14.0. The van der Waals surface area contributed by atoms with Crippen LogP contribution in [0.15, 0.2) is 0 Å². The lowest BCUT2D eigenvalue weighted by atomic mass is 9.86. The summed E-state index contributed by atoms with van der Waals surface area (Å²) in [5.74, 6) is 6.05. The smallest absolute Gasteiger partial charge is 0.449 e. The molecular formula is C92H165N13O24P2. The Hall–Kier alpha value is -4.99. The number of aryl methyl sites for hydroxylation is 6. The fourth-order valence-corrected chi connectivity index (χ4v) is 22.1. The highest BCUT2D eigenvalue weighted by molar-refractivity contribution is 7.48. The molecule has 4 aliphatic heterocycles. The monoisotopic (exact) mass is 1900 g/mol. The van der Waals surface area contributed by atoms with E-state index >= 15 is 0 Å². The molecule has 7 fully saturated rings. The lowest BCUT2D eigenvalue weighted by Crippen LogP contribution is -2.50. The Balaban J connectivity index is 0.000000185. The van der Waals surface area contributed by atoms with Gasteiger partial charge in [-0.2, -0.15) is 0 Å². The third-order valence-corrected chi connectivity index (χ3v) is 30.2. The number of aliphatic hydroxyl groups is 4. The van der Waals surface area contributed by atoms with Crippen LogP contribution in [0.25, 0.3) is 0 Å². The van der Waals surface area contributed by atoms with Crippen LogP contribution < -0.4 is 21.3 Å². The topological polar surface area (TPSA) is 445 Å². The molecule has 3 amide bonds. The van der Waals surface area contributed by atoms with Gasteiger partial charge in [-0.15, -0.1) is 15.3 Å². The fraction of sp³-hybridized carbons (Fsp3) is 0.902. The average Bonchev–Trinajstić information content (AvgIpc) is 1.62. The SMILES string of the molecule is CCCCCCCNC(=O)OCC1C2CCc3nnn(C)c3CCC21.CCCCNC(=O)OCC1C2CCc3nnn(C)c3CCC21.CCCOCCNC(=O)OCC1C2CCc3nnn(C)c3CCC21.COP(=O)(OC[C@H]1O[C@@H](C)C(O)C1NC(C)C)OC1C(O)[C@H](C)OC[C@@H]1CC(C)C.COP(=O)(OC[C@H]1O[C@@H](C)C(O)C1OC(C)C)OC1C(O)[C@H](C)CO[C@@H]1CC(C)C. The normalized spacial score (nSPS) is 31.9. The summed E-state index contributed by atoms with van der Waals surface area (Å²) in [4.78, 5) is 35.2. The summed E-state index contributed by atoms with van der Waals surface area (Å²) in [5, 5.41) is 78.9. The molecule has 8 N–H and O–H groups in total. The minimum atomic E-state index is -4.02. The average molecular weight is 1900 g/mol. The first-order valence-electron chi connectivity index (χ1n) is 49.1. The number of fused-ring (bicyclic) bond motifs is 6. The highest BCUT2D eigenvalue weighted by Gasteiger charge is 2.55. The Bertz CT molecular complexity index is 3860. The van der Waals surface area contributed by atoms with Crippen molar-refractivity contribution in [2.75, 3.05) is 93.3 Å². The number of hydrogen-bond donors (Lipinski definition) is 8. The molecule has 3 aromatic rings. The number of carbonyl (C=O) groups is 3. The second kappa shape index (κ2) is 53.8. The van der Waals surface area contributed by atoms with E-state index in [1.54, 1.807) is 20.8 Å². The van der Waals surface area contributed by atoms with Crippen molar-refractivity contribution in [2.45, 2.75) is 343 Å². The molecule has 3 aromatic heterocycles. The second-order valence-corrected chi connectivity index (χ2v) is 42.6. The van der Waals surface area contributed by atoms with Gasteiger partial charge in [0.05, 0.1) is 142 Å². The van der Waals surface area contributed by atoms with Crippen LogP contribution in [0.5, 0.6) is 0 Å². The highest BCUT2D eigenvalue weighted by atomic mass is 31.2. The molecule has 0 spiro atoms. The van der Waals surface area contributed by atoms with Crippen molar-refractivity contribution in [3.8, 4) is 0 Å². The predicted octanol–water partition coefficient (Wildman–Crippen LogP) is 11.7. The van der Waals surface area contributed by atoms with E-state index in [1.807, 2.05) is 83.7 Å². The van der Waals surface area contributed by atoms with E-state index in [0.717, 1.165) is 139 Å². The number of nitrogens with one attached hydrogen (secondary N) is 4. The predicted molar refractivity (Wildman–Crippen MR) is 490 cm³/mol. The van der Waals surface area contributed by atoms with Crippen molar-refractivity contribution in [1.82, 2.24) is 66.2 Å². The van der Waals surface area contributed by atoms with Crippen molar-refractivity contribution < 1.29 is 114 Å². The summed E-state index contributed by atoms with van der Waals surface area (Å²) >= 11 is 0. The van der Waals surface area contributed by atoms with E-state index < -0.39 is 88.9 Å². The van der Waals surface area contributed by atoms with E-state index in [-0.39, 0.29) is 67.6 Å². The zero-order chi connectivity index (χ0) is 95.4. The molecule has 3 saturated carbocycles. The molecule has 27 atom stereocenters. The maximum Gasteiger partial charge on any atom is 0.475 e. The largest absolute Gasteiger partial charge is 0.475 e. The number of hydrogen-bond acceptors (Lipinski definition) is 31. The first kappa shape index (κ1) is 110. The van der Waals surface area contributed by atoms with Gasteiger partial charge in [-0.1, -0.05) is 117 Å². The van der Waals surface area contributed by atoms with Crippen molar-refractivity contribution in [3.63, 3.8) is 0 Å². The number of amides is 3. The van der Waals surface area contributed by atoms with Gasteiger partial charge in [0, 0.05) is 79.5 Å². The van der Waals surface area contributed by atoms with E-state index in [1.165, 1.54) is 57.0 Å². The van der Waals surface area contributed by atoms with Gasteiger partial charge in [-0.3, -0.25) is 41.2 Å².